The Labute approximate surface area is 171 Å². The van der Waals surface area contributed by atoms with Crippen LogP contribution in [0.1, 0.15) is 32.8 Å². The molecule has 0 fully saturated rings. The number of benzene rings is 1. The number of non-ortho nitro benzene ring substituents is 1. The molecule has 8 nitrogen and oxygen atoms in total. The second-order valence-corrected chi connectivity index (χ2v) is 5.36. The van der Waals surface area contributed by atoms with Crippen molar-refractivity contribution in [1.29, 1.82) is 0 Å². The molecule has 146 valence electrons. The van der Waals surface area contributed by atoms with Crippen molar-refractivity contribution in [3.63, 3.8) is 0 Å². The highest BCUT2D eigenvalue weighted by molar-refractivity contribution is 14.0. The Morgan fingerprint density at radius 1 is 1.23 bits per heavy atom. The minimum absolute atomic E-state index is 0. The van der Waals surface area contributed by atoms with E-state index < -0.39 is 4.92 Å². The van der Waals surface area contributed by atoms with Crippen molar-refractivity contribution in [2.45, 2.75) is 33.7 Å². The van der Waals surface area contributed by atoms with E-state index in [0.717, 1.165) is 5.56 Å². The number of carbonyl (C=O) groups excluding carboxylic acids is 1. The lowest BCUT2D eigenvalue weighted by molar-refractivity contribution is -0.384. The quantitative estimate of drug-likeness (QED) is 0.187. The largest absolute Gasteiger partial charge is 0.357 e. The zero-order valence-electron chi connectivity index (χ0n) is 15.5. The molecule has 9 heteroatoms. The number of guanidine groups is 1. The number of hydrogen-bond acceptors (Lipinski definition) is 4. The molecule has 0 saturated heterocycles. The summed E-state index contributed by atoms with van der Waals surface area (Å²) in [5.74, 6) is 0.688. The fourth-order valence-electron chi connectivity index (χ4n) is 2.30. The van der Waals surface area contributed by atoms with E-state index in [4.69, 9.17) is 0 Å². The highest BCUT2D eigenvalue weighted by Gasteiger charge is 2.09. The van der Waals surface area contributed by atoms with Crippen molar-refractivity contribution in [2.75, 3.05) is 26.2 Å². The number of hydrogen-bond donors (Lipinski definition) is 2. The van der Waals surface area contributed by atoms with E-state index in [1.165, 1.54) is 12.1 Å². The summed E-state index contributed by atoms with van der Waals surface area (Å²) in [6.45, 7) is 8.76. The van der Waals surface area contributed by atoms with E-state index in [1.807, 2.05) is 20.8 Å². The van der Waals surface area contributed by atoms with Gasteiger partial charge in [-0.25, -0.2) is 4.99 Å². The van der Waals surface area contributed by atoms with Crippen LogP contribution in [0.2, 0.25) is 0 Å². The second kappa shape index (κ2) is 13.3. The Bertz CT molecular complexity index is 606. The monoisotopic (exact) mass is 477 g/mol. The highest BCUT2D eigenvalue weighted by Crippen LogP contribution is 2.13. The molecule has 0 atom stereocenters. The van der Waals surface area contributed by atoms with Crippen molar-refractivity contribution in [3.05, 3.63) is 39.9 Å². The Balaban J connectivity index is 0.00000625. The number of nitro benzene ring substituents is 1. The molecular formula is C17H28IN5O3. The predicted molar refractivity (Wildman–Crippen MR) is 114 cm³/mol. The molecule has 0 aliphatic heterocycles. The molecule has 0 spiro atoms. The third kappa shape index (κ3) is 8.45. The lowest BCUT2D eigenvalue weighted by atomic mass is 10.2. The predicted octanol–water partition coefficient (Wildman–Crippen LogP) is 2.53. The van der Waals surface area contributed by atoms with Gasteiger partial charge in [-0.15, -0.1) is 24.0 Å². The molecule has 0 aliphatic carbocycles. The van der Waals surface area contributed by atoms with Crippen LogP contribution in [0, 0.1) is 10.1 Å². The topological polar surface area (TPSA) is 99.9 Å². The summed E-state index contributed by atoms with van der Waals surface area (Å²) in [7, 11) is 0. The van der Waals surface area contributed by atoms with Crippen LogP contribution < -0.4 is 10.6 Å². The van der Waals surface area contributed by atoms with Crippen molar-refractivity contribution < 1.29 is 9.72 Å². The van der Waals surface area contributed by atoms with Crippen LogP contribution in [0.15, 0.2) is 29.3 Å². The van der Waals surface area contributed by atoms with Gasteiger partial charge in [0.2, 0.25) is 5.91 Å². The van der Waals surface area contributed by atoms with Crippen LogP contribution in [0.5, 0.6) is 0 Å². The Morgan fingerprint density at radius 2 is 1.92 bits per heavy atom. The highest BCUT2D eigenvalue weighted by atomic mass is 127. The Hall–Kier alpha value is -1.91. The van der Waals surface area contributed by atoms with Crippen molar-refractivity contribution in [1.82, 2.24) is 15.5 Å². The average Bonchev–Trinajstić information content (AvgIpc) is 2.61. The zero-order chi connectivity index (χ0) is 18.7. The third-order valence-electron chi connectivity index (χ3n) is 3.63. The van der Waals surface area contributed by atoms with Gasteiger partial charge in [0.05, 0.1) is 11.5 Å². The number of aliphatic imine (C=N–C) groups is 1. The number of carbonyl (C=O) groups is 1. The van der Waals surface area contributed by atoms with Crippen molar-refractivity contribution in [3.8, 4) is 0 Å². The van der Waals surface area contributed by atoms with Crippen LogP contribution >= 0.6 is 24.0 Å². The molecular weight excluding hydrogens is 449 g/mol. The second-order valence-electron chi connectivity index (χ2n) is 5.36. The molecule has 0 bridgehead atoms. The zero-order valence-corrected chi connectivity index (χ0v) is 17.9. The molecule has 1 amide bonds. The molecule has 0 aliphatic rings. The number of nitrogens with one attached hydrogen (secondary N) is 2. The van der Waals surface area contributed by atoms with E-state index in [9.17, 15) is 14.9 Å². The molecule has 0 heterocycles. The van der Waals surface area contributed by atoms with Gasteiger partial charge in [0, 0.05) is 44.7 Å². The summed E-state index contributed by atoms with van der Waals surface area (Å²) in [6.07, 6.45) is 0.392. The molecule has 1 rings (SSSR count). The maximum atomic E-state index is 12.0. The first-order chi connectivity index (χ1) is 12.0. The standard InChI is InChI=1S/C17H27N5O3.HI/c1-4-18-17(19-11-10-16(23)21(5-2)6-3)20-13-14-8-7-9-15(12-14)22(24)25;/h7-9,12H,4-6,10-11,13H2,1-3H3,(H2,18,19,20);1H. The van der Waals surface area contributed by atoms with Gasteiger partial charge >= 0.3 is 0 Å². The number of nitrogens with zero attached hydrogens (tertiary/aromatic N) is 3. The fourth-order valence-corrected chi connectivity index (χ4v) is 2.30. The third-order valence-corrected chi connectivity index (χ3v) is 3.63. The van der Waals surface area contributed by atoms with E-state index in [-0.39, 0.29) is 35.6 Å². The van der Waals surface area contributed by atoms with Gasteiger partial charge < -0.3 is 15.5 Å². The van der Waals surface area contributed by atoms with Gasteiger partial charge in [0.25, 0.3) is 5.69 Å². The maximum Gasteiger partial charge on any atom is 0.269 e. The lowest BCUT2D eigenvalue weighted by Crippen LogP contribution is -2.40. The first-order valence-electron chi connectivity index (χ1n) is 8.55. The Kier molecular flexibility index (Phi) is 12.3. The van der Waals surface area contributed by atoms with Crippen LogP contribution in [0.25, 0.3) is 0 Å². The van der Waals surface area contributed by atoms with Gasteiger partial charge in [0.1, 0.15) is 0 Å². The SMILES string of the molecule is CCNC(=NCc1cccc([N+](=O)[O-])c1)NCCC(=O)N(CC)CC.I. The van der Waals surface area contributed by atoms with Crippen LogP contribution in [-0.2, 0) is 11.3 Å². The molecule has 0 saturated carbocycles. The van der Waals surface area contributed by atoms with Crippen molar-refractivity contribution >= 4 is 41.5 Å². The molecule has 0 unspecified atom stereocenters. The maximum absolute atomic E-state index is 12.0. The van der Waals surface area contributed by atoms with Crippen LogP contribution in [0.4, 0.5) is 5.69 Å². The summed E-state index contributed by atoms with van der Waals surface area (Å²) >= 11 is 0. The Morgan fingerprint density at radius 3 is 2.50 bits per heavy atom. The van der Waals surface area contributed by atoms with E-state index in [1.54, 1.807) is 17.0 Å². The number of halogens is 1. The minimum Gasteiger partial charge on any atom is -0.357 e. The molecule has 0 aromatic heterocycles. The fraction of sp³-hybridized carbons (Fsp3) is 0.529. The number of nitro groups is 1. The van der Waals surface area contributed by atoms with E-state index in [0.29, 0.717) is 45.1 Å². The number of amides is 1. The summed E-state index contributed by atoms with van der Waals surface area (Å²) in [4.78, 5) is 28.6. The first kappa shape index (κ1) is 24.1. The van der Waals surface area contributed by atoms with Gasteiger partial charge in [-0.2, -0.15) is 0 Å². The summed E-state index contributed by atoms with van der Waals surface area (Å²) in [5.41, 5.74) is 0.807. The van der Waals surface area contributed by atoms with E-state index >= 15 is 0 Å². The van der Waals surface area contributed by atoms with Gasteiger partial charge in [0.15, 0.2) is 5.96 Å². The summed E-state index contributed by atoms with van der Waals surface area (Å²) in [5, 5.41) is 17.0. The molecule has 1 aromatic carbocycles. The summed E-state index contributed by atoms with van der Waals surface area (Å²) < 4.78 is 0. The van der Waals surface area contributed by atoms with Crippen LogP contribution in [0.3, 0.4) is 0 Å². The smallest absolute Gasteiger partial charge is 0.269 e. The molecule has 26 heavy (non-hydrogen) atoms. The normalized spacial score (nSPS) is 10.7. The molecule has 0 radical (unpaired) electrons. The lowest BCUT2D eigenvalue weighted by Gasteiger charge is -2.19. The van der Waals surface area contributed by atoms with Gasteiger partial charge in [-0.3, -0.25) is 14.9 Å². The number of rotatable bonds is 9. The van der Waals surface area contributed by atoms with Gasteiger partial charge in [-0.05, 0) is 26.3 Å². The first-order valence-corrected chi connectivity index (χ1v) is 8.55. The van der Waals surface area contributed by atoms with Gasteiger partial charge in [-0.1, -0.05) is 12.1 Å². The average molecular weight is 477 g/mol. The molecule has 2 N–H and O–H groups in total. The summed E-state index contributed by atoms with van der Waals surface area (Å²) in [6, 6.07) is 6.41. The minimum atomic E-state index is -0.421. The van der Waals surface area contributed by atoms with Crippen molar-refractivity contribution in [2.24, 2.45) is 4.99 Å². The molecule has 1 aromatic rings. The van der Waals surface area contributed by atoms with Crippen LogP contribution in [-0.4, -0.2) is 47.9 Å². The van der Waals surface area contributed by atoms with E-state index in [2.05, 4.69) is 15.6 Å².